The molecule has 0 spiro atoms. The predicted molar refractivity (Wildman–Crippen MR) is 75.6 cm³/mol. The molecule has 0 bridgehead atoms. The number of nitrogens with one attached hydrogen (secondary N) is 2. The lowest BCUT2D eigenvalue weighted by atomic mass is 10.1. The number of rotatable bonds is 8. The van der Waals surface area contributed by atoms with Gasteiger partial charge >= 0.3 is 6.61 Å². The van der Waals surface area contributed by atoms with Crippen molar-refractivity contribution >= 4 is 18.3 Å². The fraction of sp³-hybridized carbons (Fsp3) is 0.462. The number of benzene rings is 1. The second kappa shape index (κ2) is 10.4. The molecule has 0 aliphatic heterocycles. The number of carbonyl (C=O) groups is 1. The smallest absolute Gasteiger partial charge is 0.387 e. The highest BCUT2D eigenvalue weighted by atomic mass is 35.5. The Morgan fingerprint density at radius 3 is 2.65 bits per heavy atom. The Morgan fingerprint density at radius 2 is 2.00 bits per heavy atom. The Balaban J connectivity index is 0.00000361. The summed E-state index contributed by atoms with van der Waals surface area (Å²) in [5, 5.41) is 5.69. The third-order valence-corrected chi connectivity index (χ3v) is 2.47. The maximum absolute atomic E-state index is 12.2. The van der Waals surface area contributed by atoms with Gasteiger partial charge in [0.15, 0.2) is 0 Å². The van der Waals surface area contributed by atoms with Gasteiger partial charge in [-0.25, -0.2) is 0 Å². The molecule has 20 heavy (non-hydrogen) atoms. The lowest BCUT2D eigenvalue weighted by Gasteiger charge is -2.10. The highest BCUT2D eigenvalue weighted by Crippen LogP contribution is 2.20. The molecule has 0 unspecified atom stereocenters. The number of alkyl halides is 2. The van der Waals surface area contributed by atoms with Gasteiger partial charge in [-0.05, 0) is 26.1 Å². The molecular formula is C13H19ClF2N2O2. The summed E-state index contributed by atoms with van der Waals surface area (Å²) in [5.41, 5.74) is 0.453. The van der Waals surface area contributed by atoms with Crippen molar-refractivity contribution in [3.63, 3.8) is 0 Å². The maximum atomic E-state index is 12.2. The van der Waals surface area contributed by atoms with E-state index in [9.17, 15) is 13.6 Å². The first-order valence-electron chi connectivity index (χ1n) is 6.07. The molecular weight excluding hydrogens is 290 g/mol. The molecule has 1 amide bonds. The van der Waals surface area contributed by atoms with Crippen LogP contribution in [-0.4, -0.2) is 32.7 Å². The number of hydrogen-bond donors (Lipinski definition) is 2. The molecule has 0 radical (unpaired) electrons. The highest BCUT2D eigenvalue weighted by molar-refractivity contribution is 5.85. The van der Waals surface area contributed by atoms with E-state index >= 15 is 0 Å². The van der Waals surface area contributed by atoms with Gasteiger partial charge in [0.05, 0.1) is 6.42 Å². The minimum absolute atomic E-state index is 0. The summed E-state index contributed by atoms with van der Waals surface area (Å²) in [7, 11) is 1.83. The third kappa shape index (κ3) is 7.25. The van der Waals surface area contributed by atoms with Crippen LogP contribution in [0.5, 0.6) is 5.75 Å². The molecule has 0 aliphatic carbocycles. The van der Waals surface area contributed by atoms with Gasteiger partial charge in [-0.1, -0.05) is 18.2 Å². The van der Waals surface area contributed by atoms with Gasteiger partial charge in [0.1, 0.15) is 5.75 Å². The molecule has 1 aromatic carbocycles. The average molecular weight is 309 g/mol. The van der Waals surface area contributed by atoms with E-state index in [1.807, 2.05) is 7.05 Å². The highest BCUT2D eigenvalue weighted by Gasteiger charge is 2.11. The number of carbonyl (C=O) groups excluding carboxylic acids is 1. The molecule has 0 heterocycles. The summed E-state index contributed by atoms with van der Waals surface area (Å²) in [6.45, 7) is -1.53. The molecule has 0 atom stereocenters. The second-order valence-corrected chi connectivity index (χ2v) is 3.97. The summed E-state index contributed by atoms with van der Waals surface area (Å²) in [4.78, 5) is 11.6. The Bertz CT molecular complexity index is 406. The van der Waals surface area contributed by atoms with Crippen LogP contribution in [0.3, 0.4) is 0 Å². The number of ether oxygens (including phenoxy) is 1. The van der Waals surface area contributed by atoms with E-state index in [0.29, 0.717) is 12.1 Å². The van der Waals surface area contributed by atoms with Crippen LogP contribution in [0.15, 0.2) is 24.3 Å². The topological polar surface area (TPSA) is 50.4 Å². The number of amides is 1. The van der Waals surface area contributed by atoms with E-state index in [0.717, 1.165) is 13.0 Å². The van der Waals surface area contributed by atoms with Crippen LogP contribution in [-0.2, 0) is 11.2 Å². The first-order valence-corrected chi connectivity index (χ1v) is 6.07. The summed E-state index contributed by atoms with van der Waals surface area (Å²) >= 11 is 0. The normalized spacial score (nSPS) is 10.0. The molecule has 4 nitrogen and oxygen atoms in total. The molecule has 114 valence electrons. The van der Waals surface area contributed by atoms with Crippen LogP contribution in [0.2, 0.25) is 0 Å². The summed E-state index contributed by atoms with van der Waals surface area (Å²) in [5.74, 6) is -0.163. The zero-order valence-electron chi connectivity index (χ0n) is 11.2. The first kappa shape index (κ1) is 18.6. The predicted octanol–water partition coefficient (Wildman–Crippen LogP) is 1.98. The average Bonchev–Trinajstić information content (AvgIpc) is 2.36. The molecule has 7 heteroatoms. The van der Waals surface area contributed by atoms with Gasteiger partial charge in [-0.15, -0.1) is 12.4 Å². The second-order valence-electron chi connectivity index (χ2n) is 3.97. The van der Waals surface area contributed by atoms with Crippen molar-refractivity contribution in [1.29, 1.82) is 0 Å². The van der Waals surface area contributed by atoms with Crippen LogP contribution >= 0.6 is 12.4 Å². The number of halogens is 3. The van der Waals surface area contributed by atoms with Crippen molar-refractivity contribution in [3.05, 3.63) is 29.8 Å². The lowest BCUT2D eigenvalue weighted by molar-refractivity contribution is -0.120. The van der Waals surface area contributed by atoms with Crippen LogP contribution in [0.25, 0.3) is 0 Å². The van der Waals surface area contributed by atoms with E-state index in [2.05, 4.69) is 15.4 Å². The SMILES string of the molecule is CNCCCNC(=O)Cc1ccccc1OC(F)F.Cl. The van der Waals surface area contributed by atoms with Crippen molar-refractivity contribution in [2.45, 2.75) is 19.5 Å². The van der Waals surface area contributed by atoms with E-state index in [4.69, 9.17) is 0 Å². The Morgan fingerprint density at radius 1 is 1.30 bits per heavy atom. The Kier molecular flexibility index (Phi) is 9.67. The van der Waals surface area contributed by atoms with Crippen molar-refractivity contribution in [1.82, 2.24) is 10.6 Å². The third-order valence-electron chi connectivity index (χ3n) is 2.47. The molecule has 0 aliphatic rings. The molecule has 2 N–H and O–H groups in total. The minimum Gasteiger partial charge on any atom is -0.435 e. The van der Waals surface area contributed by atoms with E-state index in [1.54, 1.807) is 18.2 Å². The van der Waals surface area contributed by atoms with Crippen molar-refractivity contribution in [2.75, 3.05) is 20.1 Å². The van der Waals surface area contributed by atoms with Gasteiger partial charge < -0.3 is 15.4 Å². The summed E-state index contributed by atoms with van der Waals surface area (Å²) in [6, 6.07) is 6.30. The van der Waals surface area contributed by atoms with Crippen molar-refractivity contribution in [3.8, 4) is 5.75 Å². The first-order chi connectivity index (χ1) is 9.13. The van der Waals surface area contributed by atoms with E-state index in [1.165, 1.54) is 6.07 Å². The molecule has 0 aromatic heterocycles. The van der Waals surface area contributed by atoms with Crippen LogP contribution in [0.4, 0.5) is 8.78 Å². The number of hydrogen-bond acceptors (Lipinski definition) is 3. The van der Waals surface area contributed by atoms with Crippen LogP contribution in [0.1, 0.15) is 12.0 Å². The van der Waals surface area contributed by atoms with Crippen molar-refractivity contribution in [2.24, 2.45) is 0 Å². The molecule has 1 rings (SSSR count). The van der Waals surface area contributed by atoms with Gasteiger partial charge in [0, 0.05) is 12.1 Å². The zero-order chi connectivity index (χ0) is 14.1. The van der Waals surface area contributed by atoms with Gasteiger partial charge in [-0.2, -0.15) is 8.78 Å². The van der Waals surface area contributed by atoms with Gasteiger partial charge in [0.2, 0.25) is 5.91 Å². The molecule has 0 saturated carbocycles. The largest absolute Gasteiger partial charge is 0.435 e. The summed E-state index contributed by atoms with van der Waals surface area (Å²) in [6.07, 6.45) is 0.847. The van der Waals surface area contributed by atoms with E-state index < -0.39 is 6.61 Å². The number of para-hydroxylation sites is 1. The van der Waals surface area contributed by atoms with Gasteiger partial charge in [0.25, 0.3) is 0 Å². The zero-order valence-corrected chi connectivity index (χ0v) is 12.0. The fourth-order valence-electron chi connectivity index (χ4n) is 1.59. The summed E-state index contributed by atoms with van der Waals surface area (Å²) < 4.78 is 28.8. The van der Waals surface area contributed by atoms with Crippen molar-refractivity contribution < 1.29 is 18.3 Å². The standard InChI is InChI=1S/C13H18F2N2O2.ClH/c1-16-7-4-8-17-12(18)9-10-5-2-3-6-11(10)19-13(14)15;/h2-3,5-6,13,16H,4,7-9H2,1H3,(H,17,18);1H. The molecule has 0 fully saturated rings. The quantitative estimate of drug-likeness (QED) is 0.722. The van der Waals surface area contributed by atoms with E-state index in [-0.39, 0.29) is 30.5 Å². The lowest BCUT2D eigenvalue weighted by Crippen LogP contribution is -2.28. The Labute approximate surface area is 123 Å². The van der Waals surface area contributed by atoms with Crippen LogP contribution in [0, 0.1) is 0 Å². The van der Waals surface area contributed by atoms with Gasteiger partial charge in [-0.3, -0.25) is 4.79 Å². The van der Waals surface area contributed by atoms with Crippen LogP contribution < -0.4 is 15.4 Å². The monoisotopic (exact) mass is 308 g/mol. The molecule has 1 aromatic rings. The molecule has 0 saturated heterocycles. The Hall–Kier alpha value is -1.40. The maximum Gasteiger partial charge on any atom is 0.387 e. The fourth-order valence-corrected chi connectivity index (χ4v) is 1.59. The minimum atomic E-state index is -2.89.